The number of aromatic nitrogens is 1. The molecule has 0 spiro atoms. The number of nitrogens with zero attached hydrogens (tertiary/aromatic N) is 4. The molecule has 2 atom stereocenters. The molecule has 0 aliphatic carbocycles. The molecule has 0 N–H and O–H groups in total. The molecule has 0 saturated carbocycles. The van der Waals surface area contributed by atoms with Crippen LogP contribution < -0.4 is 4.74 Å². The molecule has 0 bridgehead atoms. The van der Waals surface area contributed by atoms with Gasteiger partial charge in [0.25, 0.3) is 0 Å². The molecule has 3 heterocycles. The number of ether oxygens (including phenoxy) is 1. The van der Waals surface area contributed by atoms with Crippen molar-refractivity contribution in [1.82, 2.24) is 19.7 Å². The fourth-order valence-corrected chi connectivity index (χ4v) is 5.05. The lowest BCUT2D eigenvalue weighted by Gasteiger charge is -2.31. The van der Waals surface area contributed by atoms with Crippen LogP contribution in [-0.4, -0.2) is 78.9 Å². The lowest BCUT2D eigenvalue weighted by molar-refractivity contribution is -0.140. The summed E-state index contributed by atoms with van der Waals surface area (Å²) in [5, 5.41) is 0. The summed E-state index contributed by atoms with van der Waals surface area (Å²) in [5.41, 5.74) is 1.52. The van der Waals surface area contributed by atoms with Gasteiger partial charge in [-0.05, 0) is 29.3 Å². The summed E-state index contributed by atoms with van der Waals surface area (Å²) in [6.45, 7) is 3.32. The van der Waals surface area contributed by atoms with Crippen molar-refractivity contribution in [3.05, 3.63) is 59.9 Å². The van der Waals surface area contributed by atoms with Gasteiger partial charge in [0.1, 0.15) is 5.75 Å². The standard InChI is InChI=1S/C24H30N4O3/c1-26(2)23(30)24-16-27(13-19-7-5-9-25-12-19)14-20(24)15-28(17-24)22(29)11-18-6-4-8-21(10-18)31-3/h4-10,12,20H,11,13-17H2,1-3H3/t20-,24-/m0/s1. The number of carbonyl (C=O) groups excluding carboxylic acids is 2. The van der Waals surface area contributed by atoms with Gasteiger partial charge in [0.2, 0.25) is 11.8 Å². The fourth-order valence-electron chi connectivity index (χ4n) is 5.05. The van der Waals surface area contributed by atoms with E-state index >= 15 is 0 Å². The van der Waals surface area contributed by atoms with Crippen molar-refractivity contribution in [2.45, 2.75) is 13.0 Å². The quantitative estimate of drug-likeness (QED) is 0.709. The average molecular weight is 423 g/mol. The van der Waals surface area contributed by atoms with Crippen LogP contribution in [0.1, 0.15) is 11.1 Å². The highest BCUT2D eigenvalue weighted by Gasteiger charge is 2.58. The Morgan fingerprint density at radius 3 is 2.68 bits per heavy atom. The number of likely N-dealkylation sites (tertiary alicyclic amines) is 2. The number of hydrogen-bond acceptors (Lipinski definition) is 5. The van der Waals surface area contributed by atoms with E-state index < -0.39 is 5.41 Å². The van der Waals surface area contributed by atoms with Crippen LogP contribution >= 0.6 is 0 Å². The van der Waals surface area contributed by atoms with E-state index in [2.05, 4.69) is 16.0 Å². The Balaban J connectivity index is 1.49. The zero-order valence-electron chi connectivity index (χ0n) is 18.5. The van der Waals surface area contributed by atoms with Crippen molar-refractivity contribution >= 4 is 11.8 Å². The Hall–Kier alpha value is -2.93. The van der Waals surface area contributed by atoms with Crippen molar-refractivity contribution in [3.63, 3.8) is 0 Å². The minimum Gasteiger partial charge on any atom is -0.497 e. The van der Waals surface area contributed by atoms with Crippen LogP contribution in [0.2, 0.25) is 0 Å². The van der Waals surface area contributed by atoms with Crippen LogP contribution in [0.25, 0.3) is 0 Å². The van der Waals surface area contributed by atoms with E-state index in [9.17, 15) is 9.59 Å². The number of hydrogen-bond donors (Lipinski definition) is 0. The van der Waals surface area contributed by atoms with E-state index in [-0.39, 0.29) is 17.7 Å². The minimum atomic E-state index is -0.546. The van der Waals surface area contributed by atoms with Crippen LogP contribution in [0.3, 0.4) is 0 Å². The average Bonchev–Trinajstić information content (AvgIpc) is 3.28. The molecule has 2 aliphatic rings. The summed E-state index contributed by atoms with van der Waals surface area (Å²) < 4.78 is 5.27. The second kappa shape index (κ2) is 8.67. The van der Waals surface area contributed by atoms with Crippen molar-refractivity contribution in [1.29, 1.82) is 0 Å². The first kappa shape index (κ1) is 21.3. The van der Waals surface area contributed by atoms with Gasteiger partial charge in [-0.1, -0.05) is 18.2 Å². The van der Waals surface area contributed by atoms with Gasteiger partial charge in [-0.2, -0.15) is 0 Å². The first-order chi connectivity index (χ1) is 14.9. The number of pyridine rings is 1. The molecule has 2 amide bonds. The van der Waals surface area contributed by atoms with Gasteiger partial charge in [0.05, 0.1) is 18.9 Å². The second-order valence-electron chi connectivity index (χ2n) is 8.89. The van der Waals surface area contributed by atoms with E-state index in [1.54, 1.807) is 32.3 Å². The summed E-state index contributed by atoms with van der Waals surface area (Å²) in [6, 6.07) is 11.6. The number of carbonyl (C=O) groups is 2. The molecular formula is C24H30N4O3. The molecule has 0 radical (unpaired) electrons. The van der Waals surface area contributed by atoms with E-state index in [0.29, 0.717) is 26.1 Å². The van der Waals surface area contributed by atoms with E-state index in [0.717, 1.165) is 30.0 Å². The first-order valence-electron chi connectivity index (χ1n) is 10.6. The second-order valence-corrected chi connectivity index (χ2v) is 8.89. The monoisotopic (exact) mass is 422 g/mol. The molecular weight excluding hydrogens is 392 g/mol. The predicted molar refractivity (Wildman–Crippen MR) is 117 cm³/mol. The highest BCUT2D eigenvalue weighted by Crippen LogP contribution is 2.44. The van der Waals surface area contributed by atoms with Gasteiger partial charge >= 0.3 is 0 Å². The number of benzene rings is 1. The zero-order chi connectivity index (χ0) is 22.0. The Morgan fingerprint density at radius 2 is 1.97 bits per heavy atom. The van der Waals surface area contributed by atoms with Crippen molar-refractivity contribution in [3.8, 4) is 5.75 Å². The third kappa shape index (κ3) is 4.28. The molecule has 2 aliphatic heterocycles. The highest BCUT2D eigenvalue weighted by atomic mass is 16.5. The van der Waals surface area contributed by atoms with Crippen LogP contribution in [0.15, 0.2) is 48.8 Å². The van der Waals surface area contributed by atoms with E-state index in [1.807, 2.05) is 41.4 Å². The Kier molecular flexibility index (Phi) is 5.96. The molecule has 2 aromatic rings. The molecule has 2 saturated heterocycles. The molecule has 164 valence electrons. The fraction of sp³-hybridized carbons (Fsp3) is 0.458. The van der Waals surface area contributed by atoms with Crippen molar-refractivity contribution < 1.29 is 14.3 Å². The van der Waals surface area contributed by atoms with Gasteiger partial charge in [0.15, 0.2) is 0 Å². The number of methoxy groups -OCH3 is 1. The maximum absolute atomic E-state index is 13.3. The molecule has 7 heteroatoms. The summed E-state index contributed by atoms with van der Waals surface area (Å²) in [6.07, 6.45) is 3.96. The Labute approximate surface area is 183 Å². The van der Waals surface area contributed by atoms with Crippen molar-refractivity contribution in [2.24, 2.45) is 11.3 Å². The molecule has 7 nitrogen and oxygen atoms in total. The first-order valence-corrected chi connectivity index (χ1v) is 10.6. The smallest absolute Gasteiger partial charge is 0.231 e. The van der Waals surface area contributed by atoms with Gasteiger partial charge < -0.3 is 14.5 Å². The SMILES string of the molecule is COc1cccc(CC(=O)N2C[C@@H]3CN(Cc4cccnc4)C[C@]3(C(=O)N(C)C)C2)c1. The molecule has 4 rings (SSSR count). The highest BCUT2D eigenvalue weighted by molar-refractivity contribution is 5.87. The molecule has 0 unspecified atom stereocenters. The van der Waals surface area contributed by atoms with Crippen LogP contribution in [-0.2, 0) is 22.6 Å². The predicted octanol–water partition coefficient (Wildman–Crippen LogP) is 1.68. The number of fused-ring (bicyclic) bond motifs is 1. The molecule has 1 aromatic heterocycles. The molecule has 31 heavy (non-hydrogen) atoms. The van der Waals surface area contributed by atoms with E-state index in [1.165, 1.54) is 0 Å². The maximum atomic E-state index is 13.3. The van der Waals surface area contributed by atoms with Crippen molar-refractivity contribution in [2.75, 3.05) is 47.4 Å². The van der Waals surface area contributed by atoms with Gasteiger partial charge in [-0.3, -0.25) is 19.5 Å². The number of amides is 2. The third-order valence-electron chi connectivity index (χ3n) is 6.48. The van der Waals surface area contributed by atoms with E-state index in [4.69, 9.17) is 4.74 Å². The minimum absolute atomic E-state index is 0.0624. The summed E-state index contributed by atoms with van der Waals surface area (Å²) in [7, 11) is 5.23. The molecule has 1 aromatic carbocycles. The van der Waals surface area contributed by atoms with Crippen LogP contribution in [0.4, 0.5) is 0 Å². The van der Waals surface area contributed by atoms with Gasteiger partial charge in [0, 0.05) is 65.1 Å². The lowest BCUT2D eigenvalue weighted by Crippen LogP contribution is -2.47. The summed E-state index contributed by atoms with van der Waals surface area (Å²) in [5.74, 6) is 1.05. The Bertz CT molecular complexity index is 949. The normalized spacial score (nSPS) is 22.9. The van der Waals surface area contributed by atoms with Crippen LogP contribution in [0.5, 0.6) is 5.75 Å². The third-order valence-corrected chi connectivity index (χ3v) is 6.48. The number of rotatable bonds is 6. The summed E-state index contributed by atoms with van der Waals surface area (Å²) in [4.78, 5) is 36.5. The zero-order valence-corrected chi connectivity index (χ0v) is 18.5. The topological polar surface area (TPSA) is 66.0 Å². The molecule has 2 fully saturated rings. The lowest BCUT2D eigenvalue weighted by atomic mass is 9.80. The largest absolute Gasteiger partial charge is 0.497 e. The summed E-state index contributed by atoms with van der Waals surface area (Å²) >= 11 is 0. The van der Waals surface area contributed by atoms with Crippen LogP contribution in [0, 0.1) is 11.3 Å². The maximum Gasteiger partial charge on any atom is 0.231 e. The van der Waals surface area contributed by atoms with Gasteiger partial charge in [-0.15, -0.1) is 0 Å². The van der Waals surface area contributed by atoms with Gasteiger partial charge in [-0.25, -0.2) is 0 Å². The Morgan fingerprint density at radius 1 is 1.16 bits per heavy atom.